The van der Waals surface area contributed by atoms with Crippen LogP contribution in [0.4, 0.5) is 5.82 Å². The lowest BCUT2D eigenvalue weighted by molar-refractivity contribution is 0.447. The SMILES string of the molecule is Nc1nsc(C2CCCCC2)c1Br. The van der Waals surface area contributed by atoms with Gasteiger partial charge in [-0.25, -0.2) is 0 Å². The van der Waals surface area contributed by atoms with Crippen molar-refractivity contribution in [3.8, 4) is 0 Å². The van der Waals surface area contributed by atoms with Gasteiger partial charge >= 0.3 is 0 Å². The van der Waals surface area contributed by atoms with Crippen LogP contribution >= 0.6 is 27.5 Å². The molecular weight excluding hydrogens is 248 g/mol. The molecule has 0 atom stereocenters. The minimum absolute atomic E-state index is 0.658. The van der Waals surface area contributed by atoms with Gasteiger partial charge in [0.15, 0.2) is 5.82 Å². The highest BCUT2D eigenvalue weighted by molar-refractivity contribution is 9.10. The van der Waals surface area contributed by atoms with Gasteiger partial charge in [0.05, 0.1) is 4.47 Å². The van der Waals surface area contributed by atoms with Crippen LogP contribution in [-0.2, 0) is 0 Å². The molecule has 0 bridgehead atoms. The maximum Gasteiger partial charge on any atom is 0.151 e. The van der Waals surface area contributed by atoms with E-state index in [1.807, 2.05) is 0 Å². The molecule has 0 unspecified atom stereocenters. The molecule has 2 N–H and O–H groups in total. The van der Waals surface area contributed by atoms with Crippen LogP contribution in [0.15, 0.2) is 4.47 Å². The molecule has 1 saturated carbocycles. The molecular formula is C9H13BrN2S. The van der Waals surface area contributed by atoms with Gasteiger partial charge in [0.25, 0.3) is 0 Å². The van der Waals surface area contributed by atoms with Crippen molar-refractivity contribution in [3.63, 3.8) is 0 Å². The Balaban J connectivity index is 2.18. The third-order valence-electron chi connectivity index (χ3n) is 2.66. The summed E-state index contributed by atoms with van der Waals surface area (Å²) < 4.78 is 5.21. The molecule has 1 fully saturated rings. The van der Waals surface area contributed by atoms with Crippen molar-refractivity contribution in [2.24, 2.45) is 0 Å². The number of aromatic nitrogens is 1. The predicted molar refractivity (Wildman–Crippen MR) is 60.1 cm³/mol. The zero-order valence-electron chi connectivity index (χ0n) is 7.42. The van der Waals surface area contributed by atoms with E-state index < -0.39 is 0 Å². The molecule has 4 heteroatoms. The van der Waals surface area contributed by atoms with E-state index in [-0.39, 0.29) is 0 Å². The molecule has 72 valence electrons. The highest BCUT2D eigenvalue weighted by Gasteiger charge is 2.21. The van der Waals surface area contributed by atoms with Gasteiger partial charge in [-0.05, 0) is 46.2 Å². The number of rotatable bonds is 1. The summed E-state index contributed by atoms with van der Waals surface area (Å²) in [6, 6.07) is 0. The van der Waals surface area contributed by atoms with Gasteiger partial charge < -0.3 is 5.73 Å². The fourth-order valence-electron chi connectivity index (χ4n) is 1.92. The first-order chi connectivity index (χ1) is 6.29. The third-order valence-corrected chi connectivity index (χ3v) is 4.78. The number of nitrogens with zero attached hydrogens (tertiary/aromatic N) is 1. The predicted octanol–water partition coefficient (Wildman–Crippen LogP) is 3.54. The second-order valence-electron chi connectivity index (χ2n) is 3.58. The first kappa shape index (κ1) is 9.46. The van der Waals surface area contributed by atoms with E-state index in [4.69, 9.17) is 5.73 Å². The molecule has 0 amide bonds. The lowest BCUT2D eigenvalue weighted by Crippen LogP contribution is -2.03. The van der Waals surface area contributed by atoms with Gasteiger partial charge in [0.2, 0.25) is 0 Å². The third kappa shape index (κ3) is 1.89. The van der Waals surface area contributed by atoms with E-state index in [2.05, 4.69) is 20.3 Å². The maximum atomic E-state index is 5.70. The number of nitrogens with two attached hydrogens (primary N) is 1. The summed E-state index contributed by atoms with van der Waals surface area (Å²) in [5, 5.41) is 0. The summed E-state index contributed by atoms with van der Waals surface area (Å²) >= 11 is 5.07. The minimum Gasteiger partial charge on any atom is -0.382 e. The normalized spacial score (nSPS) is 19.2. The van der Waals surface area contributed by atoms with Crippen LogP contribution in [-0.4, -0.2) is 4.37 Å². The van der Waals surface area contributed by atoms with Gasteiger partial charge in [-0.15, -0.1) is 0 Å². The molecule has 1 aromatic rings. The topological polar surface area (TPSA) is 38.9 Å². The molecule has 1 aliphatic carbocycles. The quantitative estimate of drug-likeness (QED) is 0.839. The zero-order valence-corrected chi connectivity index (χ0v) is 9.83. The number of nitrogen functional groups attached to an aromatic ring is 1. The molecule has 1 heterocycles. The van der Waals surface area contributed by atoms with Crippen molar-refractivity contribution in [1.82, 2.24) is 4.37 Å². The van der Waals surface area contributed by atoms with Gasteiger partial charge in [-0.1, -0.05) is 19.3 Å². The maximum absolute atomic E-state index is 5.70. The Morgan fingerprint density at radius 2 is 2.00 bits per heavy atom. The Morgan fingerprint density at radius 1 is 1.31 bits per heavy atom. The standard InChI is InChI=1S/C9H13BrN2S/c10-7-8(13-12-9(7)11)6-4-2-1-3-5-6/h6H,1-5H2,(H2,11,12). The Bertz CT molecular complexity index is 292. The largest absolute Gasteiger partial charge is 0.382 e. The molecule has 0 aromatic carbocycles. The fraction of sp³-hybridized carbons (Fsp3) is 0.667. The van der Waals surface area contributed by atoms with Crippen molar-refractivity contribution >= 4 is 33.3 Å². The summed E-state index contributed by atoms with van der Waals surface area (Å²) in [7, 11) is 0. The van der Waals surface area contributed by atoms with Crippen molar-refractivity contribution in [1.29, 1.82) is 0 Å². The van der Waals surface area contributed by atoms with Gasteiger partial charge in [-0.3, -0.25) is 0 Å². The molecule has 0 spiro atoms. The van der Waals surface area contributed by atoms with Crippen molar-refractivity contribution in [2.45, 2.75) is 38.0 Å². The number of anilines is 1. The lowest BCUT2D eigenvalue weighted by atomic mass is 9.88. The number of hydrogen-bond acceptors (Lipinski definition) is 3. The highest BCUT2D eigenvalue weighted by Crippen LogP contribution is 2.40. The summed E-state index contributed by atoms with van der Waals surface area (Å²) in [6.07, 6.45) is 6.71. The van der Waals surface area contributed by atoms with Crippen LogP contribution in [0.5, 0.6) is 0 Å². The van der Waals surface area contributed by atoms with Crippen LogP contribution in [0.1, 0.15) is 42.9 Å². The molecule has 0 radical (unpaired) electrons. The molecule has 2 rings (SSSR count). The second-order valence-corrected chi connectivity index (χ2v) is 5.18. The van der Waals surface area contributed by atoms with E-state index in [1.165, 1.54) is 37.0 Å². The fourth-order valence-corrected chi connectivity index (χ4v) is 3.53. The number of halogens is 1. The van der Waals surface area contributed by atoms with Crippen molar-refractivity contribution in [3.05, 3.63) is 9.35 Å². The molecule has 0 aliphatic heterocycles. The monoisotopic (exact) mass is 260 g/mol. The molecule has 13 heavy (non-hydrogen) atoms. The zero-order chi connectivity index (χ0) is 9.26. The van der Waals surface area contributed by atoms with Gasteiger partial charge in [0, 0.05) is 4.88 Å². The average Bonchev–Trinajstić information content (AvgIpc) is 2.49. The van der Waals surface area contributed by atoms with E-state index in [0.717, 1.165) is 4.47 Å². The first-order valence-electron chi connectivity index (χ1n) is 4.69. The lowest BCUT2D eigenvalue weighted by Gasteiger charge is -2.20. The second kappa shape index (κ2) is 3.96. The molecule has 2 nitrogen and oxygen atoms in total. The van der Waals surface area contributed by atoms with E-state index >= 15 is 0 Å². The molecule has 1 aromatic heterocycles. The van der Waals surface area contributed by atoms with Crippen molar-refractivity contribution in [2.75, 3.05) is 5.73 Å². The molecule has 0 saturated heterocycles. The van der Waals surface area contributed by atoms with Crippen LogP contribution in [0.2, 0.25) is 0 Å². The smallest absolute Gasteiger partial charge is 0.151 e. The Hall–Kier alpha value is -0.0900. The van der Waals surface area contributed by atoms with Gasteiger partial charge in [0.1, 0.15) is 0 Å². The summed E-state index contributed by atoms with van der Waals surface area (Å²) in [5.74, 6) is 1.36. The van der Waals surface area contributed by atoms with E-state index in [0.29, 0.717) is 11.7 Å². The van der Waals surface area contributed by atoms with Crippen LogP contribution in [0.25, 0.3) is 0 Å². The van der Waals surface area contributed by atoms with Crippen LogP contribution in [0, 0.1) is 0 Å². The number of hydrogen-bond donors (Lipinski definition) is 1. The summed E-state index contributed by atoms with van der Waals surface area (Å²) in [4.78, 5) is 1.36. The first-order valence-corrected chi connectivity index (χ1v) is 6.26. The summed E-state index contributed by atoms with van der Waals surface area (Å²) in [6.45, 7) is 0. The molecule has 1 aliphatic rings. The van der Waals surface area contributed by atoms with Crippen molar-refractivity contribution < 1.29 is 0 Å². The Kier molecular flexibility index (Phi) is 2.89. The van der Waals surface area contributed by atoms with E-state index in [1.54, 1.807) is 11.5 Å². The Morgan fingerprint density at radius 3 is 2.54 bits per heavy atom. The van der Waals surface area contributed by atoms with E-state index in [9.17, 15) is 0 Å². The van der Waals surface area contributed by atoms with Crippen LogP contribution in [0.3, 0.4) is 0 Å². The highest BCUT2D eigenvalue weighted by atomic mass is 79.9. The minimum atomic E-state index is 0.658. The van der Waals surface area contributed by atoms with Crippen LogP contribution < -0.4 is 5.73 Å². The summed E-state index contributed by atoms with van der Waals surface area (Å²) in [5.41, 5.74) is 5.70. The van der Waals surface area contributed by atoms with Gasteiger partial charge in [-0.2, -0.15) is 4.37 Å². The Labute approximate surface area is 90.8 Å². The average molecular weight is 261 g/mol.